The molecule has 1 atom stereocenters. The summed E-state index contributed by atoms with van der Waals surface area (Å²) in [4.78, 5) is 39.6. The van der Waals surface area contributed by atoms with Crippen molar-refractivity contribution < 1.29 is 19.1 Å². The number of carbonyl (C=O) groups is 3. The third-order valence-corrected chi connectivity index (χ3v) is 5.75. The fourth-order valence-corrected chi connectivity index (χ4v) is 3.86. The molecule has 2 aromatic rings. The molecule has 1 fully saturated rings. The maximum absolute atomic E-state index is 12.4. The van der Waals surface area contributed by atoms with Crippen LogP contribution in [-0.4, -0.2) is 41.8 Å². The average molecular weight is 406 g/mol. The zero-order chi connectivity index (χ0) is 19.4. The molecule has 0 spiro atoms. The fourth-order valence-electron chi connectivity index (χ4n) is 3.05. The molecular formula is C20H20ClNO4S. The molecule has 1 saturated heterocycles. The Morgan fingerprint density at radius 2 is 1.81 bits per heavy atom. The zero-order valence-corrected chi connectivity index (χ0v) is 16.5. The second-order valence-electron chi connectivity index (χ2n) is 6.49. The van der Waals surface area contributed by atoms with Crippen molar-refractivity contribution in [3.8, 4) is 0 Å². The number of piperidine rings is 1. The maximum atomic E-state index is 12.4. The number of esters is 1. The highest BCUT2D eigenvalue weighted by molar-refractivity contribution is 7.12. The van der Waals surface area contributed by atoms with Crippen molar-refractivity contribution >= 4 is 40.6 Å². The van der Waals surface area contributed by atoms with Crippen molar-refractivity contribution in [3.05, 3.63) is 57.2 Å². The zero-order valence-electron chi connectivity index (χ0n) is 14.9. The first-order chi connectivity index (χ1) is 13.0. The number of hydrogen-bond donors (Lipinski definition) is 0. The number of benzene rings is 1. The fraction of sp³-hybridized carbons (Fsp3) is 0.350. The van der Waals surface area contributed by atoms with E-state index in [-0.39, 0.29) is 23.6 Å². The van der Waals surface area contributed by atoms with E-state index in [9.17, 15) is 14.4 Å². The Morgan fingerprint density at radius 3 is 2.41 bits per heavy atom. The molecule has 1 aromatic heterocycles. The quantitative estimate of drug-likeness (QED) is 0.555. The molecule has 1 aromatic carbocycles. The molecule has 1 aliphatic heterocycles. The van der Waals surface area contributed by atoms with Crippen LogP contribution in [0.1, 0.15) is 39.8 Å². The summed E-state index contributed by atoms with van der Waals surface area (Å²) in [5, 5.41) is 2.41. The van der Waals surface area contributed by atoms with E-state index in [2.05, 4.69) is 0 Å². The minimum atomic E-state index is -0.857. The van der Waals surface area contributed by atoms with Crippen LogP contribution in [0.4, 0.5) is 0 Å². The molecule has 2 heterocycles. The van der Waals surface area contributed by atoms with E-state index in [1.54, 1.807) is 42.2 Å². The van der Waals surface area contributed by atoms with E-state index in [4.69, 9.17) is 16.3 Å². The smallest absolute Gasteiger partial charge is 0.309 e. The van der Waals surface area contributed by atoms with Gasteiger partial charge in [-0.15, -0.1) is 11.3 Å². The molecule has 142 valence electrons. The SMILES string of the molecule is C[C@@H](OC(=O)C1CCN(C(=O)c2cccs2)CC1)C(=O)c1ccc(Cl)cc1. The van der Waals surface area contributed by atoms with Crippen molar-refractivity contribution in [2.75, 3.05) is 13.1 Å². The van der Waals surface area contributed by atoms with Gasteiger partial charge in [-0.3, -0.25) is 14.4 Å². The van der Waals surface area contributed by atoms with Gasteiger partial charge in [0.15, 0.2) is 6.10 Å². The second-order valence-corrected chi connectivity index (χ2v) is 7.88. The summed E-state index contributed by atoms with van der Waals surface area (Å²) in [5.41, 5.74) is 0.455. The summed E-state index contributed by atoms with van der Waals surface area (Å²) >= 11 is 7.24. The largest absolute Gasteiger partial charge is 0.454 e. The van der Waals surface area contributed by atoms with Gasteiger partial charge in [0.1, 0.15) is 0 Å². The highest BCUT2D eigenvalue weighted by Gasteiger charge is 2.31. The molecular weight excluding hydrogens is 386 g/mol. The first kappa shape index (κ1) is 19.6. The number of thiophene rings is 1. The standard InChI is InChI=1S/C20H20ClNO4S/c1-13(18(23)14-4-6-16(21)7-5-14)26-20(25)15-8-10-22(11-9-15)19(24)17-3-2-12-27-17/h2-7,12-13,15H,8-11H2,1H3/t13-/m1/s1. The molecule has 0 aliphatic carbocycles. The van der Waals surface area contributed by atoms with Crippen LogP contribution in [0.25, 0.3) is 0 Å². The molecule has 7 heteroatoms. The van der Waals surface area contributed by atoms with Gasteiger partial charge in [-0.05, 0) is 55.5 Å². The number of ether oxygens (including phenoxy) is 1. The van der Waals surface area contributed by atoms with E-state index in [1.807, 2.05) is 11.4 Å². The van der Waals surface area contributed by atoms with Gasteiger partial charge in [-0.2, -0.15) is 0 Å². The molecule has 0 N–H and O–H groups in total. The van der Waals surface area contributed by atoms with Crippen LogP contribution in [0, 0.1) is 5.92 Å². The van der Waals surface area contributed by atoms with Crippen LogP contribution in [0.2, 0.25) is 5.02 Å². The first-order valence-electron chi connectivity index (χ1n) is 8.78. The number of halogens is 1. The molecule has 0 unspecified atom stereocenters. The minimum absolute atomic E-state index is 0.00287. The van der Waals surface area contributed by atoms with Gasteiger partial charge in [0, 0.05) is 23.7 Å². The predicted octanol–water partition coefficient (Wildman–Crippen LogP) is 4.07. The summed E-state index contributed by atoms with van der Waals surface area (Å²) in [6.07, 6.45) is 0.222. The lowest BCUT2D eigenvalue weighted by Gasteiger charge is -2.31. The van der Waals surface area contributed by atoms with Crippen LogP contribution in [0.15, 0.2) is 41.8 Å². The normalized spacial score (nSPS) is 16.0. The first-order valence-corrected chi connectivity index (χ1v) is 10.0. The summed E-state index contributed by atoms with van der Waals surface area (Å²) in [7, 11) is 0. The van der Waals surface area contributed by atoms with Crippen molar-refractivity contribution in [2.45, 2.75) is 25.9 Å². The van der Waals surface area contributed by atoms with Gasteiger partial charge in [0.25, 0.3) is 5.91 Å². The van der Waals surface area contributed by atoms with Crippen LogP contribution in [0.3, 0.4) is 0 Å². The van der Waals surface area contributed by atoms with Gasteiger partial charge < -0.3 is 9.64 Å². The summed E-state index contributed by atoms with van der Waals surface area (Å²) in [5.74, 6) is -0.931. The second kappa shape index (κ2) is 8.67. The molecule has 0 saturated carbocycles. The third kappa shape index (κ3) is 4.76. The number of hydrogen-bond acceptors (Lipinski definition) is 5. The predicted molar refractivity (Wildman–Crippen MR) is 104 cm³/mol. The van der Waals surface area contributed by atoms with Crippen molar-refractivity contribution in [3.63, 3.8) is 0 Å². The number of carbonyl (C=O) groups excluding carboxylic acids is 3. The topological polar surface area (TPSA) is 63.7 Å². The average Bonchev–Trinajstić information content (AvgIpc) is 3.22. The number of nitrogens with zero attached hydrogens (tertiary/aromatic N) is 1. The summed E-state index contributed by atoms with van der Waals surface area (Å²) < 4.78 is 5.38. The van der Waals surface area contributed by atoms with Crippen molar-refractivity contribution in [2.24, 2.45) is 5.92 Å². The van der Waals surface area contributed by atoms with E-state index in [0.29, 0.717) is 41.4 Å². The number of Topliss-reactive ketones (excluding diaryl/α,β-unsaturated/α-hetero) is 1. The molecule has 1 aliphatic rings. The lowest BCUT2D eigenvalue weighted by Crippen LogP contribution is -2.41. The Morgan fingerprint density at radius 1 is 1.15 bits per heavy atom. The Kier molecular flexibility index (Phi) is 6.29. The lowest BCUT2D eigenvalue weighted by atomic mass is 9.96. The van der Waals surface area contributed by atoms with Gasteiger partial charge >= 0.3 is 5.97 Å². The molecule has 5 nitrogen and oxygen atoms in total. The van der Waals surface area contributed by atoms with Crippen LogP contribution in [0.5, 0.6) is 0 Å². The van der Waals surface area contributed by atoms with Crippen LogP contribution < -0.4 is 0 Å². The Labute approximate surface area is 166 Å². The van der Waals surface area contributed by atoms with Crippen LogP contribution in [-0.2, 0) is 9.53 Å². The summed E-state index contributed by atoms with van der Waals surface area (Å²) in [6.45, 7) is 2.59. The van der Waals surface area contributed by atoms with Crippen molar-refractivity contribution in [1.29, 1.82) is 0 Å². The lowest BCUT2D eigenvalue weighted by molar-refractivity contribution is -0.152. The highest BCUT2D eigenvalue weighted by Crippen LogP contribution is 2.23. The maximum Gasteiger partial charge on any atom is 0.309 e. The van der Waals surface area contributed by atoms with E-state index >= 15 is 0 Å². The molecule has 0 bridgehead atoms. The highest BCUT2D eigenvalue weighted by atomic mass is 35.5. The number of amides is 1. The van der Waals surface area contributed by atoms with Crippen molar-refractivity contribution in [1.82, 2.24) is 4.90 Å². The number of likely N-dealkylation sites (tertiary alicyclic amines) is 1. The number of rotatable bonds is 5. The van der Waals surface area contributed by atoms with E-state index < -0.39 is 6.10 Å². The van der Waals surface area contributed by atoms with Gasteiger partial charge in [-0.25, -0.2) is 0 Å². The third-order valence-electron chi connectivity index (χ3n) is 4.64. The van der Waals surface area contributed by atoms with Gasteiger partial charge in [0.2, 0.25) is 5.78 Å². The Bertz CT molecular complexity index is 811. The summed E-state index contributed by atoms with van der Waals surface area (Å²) in [6, 6.07) is 10.1. The number of ketones is 1. The molecule has 0 radical (unpaired) electrons. The Balaban J connectivity index is 1.51. The Hall–Kier alpha value is -2.18. The van der Waals surface area contributed by atoms with E-state index in [1.165, 1.54) is 11.3 Å². The monoisotopic (exact) mass is 405 g/mol. The molecule has 1 amide bonds. The minimum Gasteiger partial charge on any atom is -0.454 e. The van der Waals surface area contributed by atoms with Crippen LogP contribution >= 0.6 is 22.9 Å². The molecule has 3 rings (SSSR count). The van der Waals surface area contributed by atoms with Gasteiger partial charge in [-0.1, -0.05) is 17.7 Å². The van der Waals surface area contributed by atoms with Gasteiger partial charge in [0.05, 0.1) is 10.8 Å². The van der Waals surface area contributed by atoms with E-state index in [0.717, 1.165) is 0 Å². The molecule has 27 heavy (non-hydrogen) atoms.